The molecule has 0 amide bonds. The monoisotopic (exact) mass is 547 g/mol. The molecular weight excluding hydrogens is 515 g/mol. The normalized spacial score (nSPS) is 16.6. The molecule has 0 saturated carbocycles. The molecule has 2 N–H and O–H groups in total. The zero-order chi connectivity index (χ0) is 21.7. The van der Waals surface area contributed by atoms with Crippen molar-refractivity contribution in [3.63, 3.8) is 0 Å². The van der Waals surface area contributed by atoms with Crippen molar-refractivity contribution in [1.29, 1.82) is 0 Å². The third-order valence-corrected chi connectivity index (χ3v) is 5.70. The number of oxazole rings is 1. The number of nitrogens with one attached hydrogen (secondary N) is 2. The number of guanidine groups is 1. The minimum atomic E-state index is -0.578. The van der Waals surface area contributed by atoms with Crippen LogP contribution in [-0.2, 0) is 6.54 Å². The maximum atomic E-state index is 14.0. The van der Waals surface area contributed by atoms with Gasteiger partial charge in [-0.3, -0.25) is 9.89 Å². The molecule has 1 aromatic heterocycles. The molecule has 0 bridgehead atoms. The van der Waals surface area contributed by atoms with Crippen LogP contribution in [0.4, 0.5) is 8.78 Å². The summed E-state index contributed by atoms with van der Waals surface area (Å²) < 4.78 is 32.8. The molecule has 1 fully saturated rings. The van der Waals surface area contributed by atoms with Gasteiger partial charge in [-0.15, -0.1) is 24.0 Å². The van der Waals surface area contributed by atoms with Crippen LogP contribution in [0, 0.1) is 31.4 Å². The highest BCUT2D eigenvalue weighted by Crippen LogP contribution is 2.20. The standard InChI is InChI=1S/C22H31F2N5O.HI/c1-14-16(3)30-21(27-14)13-29-9-7-17(8-10-29)12-26-22(25-4)28-15(2)19-6-5-18(23)11-20(19)24;/h5-6,11,15,17H,7-10,12-13H2,1-4H3,(H2,25,26,28);1H. The van der Waals surface area contributed by atoms with E-state index in [0.717, 1.165) is 62.4 Å². The fraction of sp³-hybridized carbons (Fsp3) is 0.545. The van der Waals surface area contributed by atoms with Crippen LogP contribution < -0.4 is 10.6 Å². The van der Waals surface area contributed by atoms with Crippen molar-refractivity contribution in [2.45, 2.75) is 46.2 Å². The van der Waals surface area contributed by atoms with E-state index >= 15 is 0 Å². The molecule has 1 unspecified atom stereocenters. The Hall–Kier alpha value is -1.75. The van der Waals surface area contributed by atoms with Crippen LogP contribution in [0.2, 0.25) is 0 Å². The largest absolute Gasteiger partial charge is 0.444 e. The van der Waals surface area contributed by atoms with Crippen molar-refractivity contribution in [3.8, 4) is 0 Å². The number of aliphatic imine (C=N–C) groups is 1. The first-order valence-electron chi connectivity index (χ1n) is 10.4. The zero-order valence-corrected chi connectivity index (χ0v) is 20.9. The Labute approximate surface area is 199 Å². The quantitative estimate of drug-likeness (QED) is 0.321. The summed E-state index contributed by atoms with van der Waals surface area (Å²) >= 11 is 0. The molecule has 9 heteroatoms. The van der Waals surface area contributed by atoms with Gasteiger partial charge in [-0.25, -0.2) is 13.8 Å². The van der Waals surface area contributed by atoms with Crippen LogP contribution in [0.3, 0.4) is 0 Å². The molecule has 1 aromatic carbocycles. The molecule has 1 saturated heterocycles. The van der Waals surface area contributed by atoms with E-state index in [1.807, 2.05) is 20.8 Å². The number of hydrogen-bond donors (Lipinski definition) is 2. The highest BCUT2D eigenvalue weighted by Gasteiger charge is 2.21. The molecule has 2 heterocycles. The Bertz CT molecular complexity index is 861. The summed E-state index contributed by atoms with van der Waals surface area (Å²) in [5.41, 5.74) is 1.36. The lowest BCUT2D eigenvalue weighted by Crippen LogP contribution is -2.43. The Kier molecular flexibility index (Phi) is 9.67. The molecule has 172 valence electrons. The fourth-order valence-electron chi connectivity index (χ4n) is 3.72. The second-order valence-electron chi connectivity index (χ2n) is 7.95. The summed E-state index contributed by atoms with van der Waals surface area (Å²) in [5, 5.41) is 6.52. The summed E-state index contributed by atoms with van der Waals surface area (Å²) in [6, 6.07) is 3.30. The third kappa shape index (κ3) is 7.13. The van der Waals surface area contributed by atoms with E-state index < -0.39 is 11.6 Å². The predicted molar refractivity (Wildman–Crippen MR) is 129 cm³/mol. The minimum Gasteiger partial charge on any atom is -0.444 e. The van der Waals surface area contributed by atoms with Gasteiger partial charge in [-0.05, 0) is 58.7 Å². The van der Waals surface area contributed by atoms with Gasteiger partial charge in [0.15, 0.2) is 5.96 Å². The molecule has 1 aliphatic rings. The molecule has 1 aliphatic heterocycles. The van der Waals surface area contributed by atoms with Crippen molar-refractivity contribution >= 4 is 29.9 Å². The van der Waals surface area contributed by atoms with E-state index in [4.69, 9.17) is 4.42 Å². The number of likely N-dealkylation sites (tertiary alicyclic amines) is 1. The number of aromatic nitrogens is 1. The average Bonchev–Trinajstić information content (AvgIpc) is 3.03. The van der Waals surface area contributed by atoms with Gasteiger partial charge >= 0.3 is 0 Å². The van der Waals surface area contributed by atoms with Gasteiger partial charge in [0.25, 0.3) is 0 Å². The van der Waals surface area contributed by atoms with E-state index in [0.29, 0.717) is 17.4 Å². The average molecular weight is 547 g/mol. The number of hydrogen-bond acceptors (Lipinski definition) is 4. The smallest absolute Gasteiger partial charge is 0.208 e. The van der Waals surface area contributed by atoms with E-state index in [1.54, 1.807) is 7.05 Å². The topological polar surface area (TPSA) is 65.7 Å². The van der Waals surface area contributed by atoms with Gasteiger partial charge in [0.05, 0.1) is 18.3 Å². The Morgan fingerprint density at radius 3 is 2.58 bits per heavy atom. The highest BCUT2D eigenvalue weighted by molar-refractivity contribution is 14.0. The number of nitrogens with zero attached hydrogens (tertiary/aromatic N) is 3. The van der Waals surface area contributed by atoms with Gasteiger partial charge in [0, 0.05) is 25.2 Å². The molecule has 0 aliphatic carbocycles. The van der Waals surface area contributed by atoms with Crippen LogP contribution >= 0.6 is 24.0 Å². The molecule has 3 rings (SSSR count). The first-order valence-corrected chi connectivity index (χ1v) is 10.4. The number of rotatable bonds is 6. The van der Waals surface area contributed by atoms with Gasteiger partial charge in [-0.1, -0.05) is 6.07 Å². The summed E-state index contributed by atoms with van der Waals surface area (Å²) in [4.78, 5) is 11.1. The van der Waals surface area contributed by atoms with Gasteiger partial charge < -0.3 is 15.1 Å². The number of benzene rings is 1. The van der Waals surface area contributed by atoms with Gasteiger partial charge in [0.2, 0.25) is 5.89 Å². The van der Waals surface area contributed by atoms with Crippen LogP contribution in [0.15, 0.2) is 27.6 Å². The highest BCUT2D eigenvalue weighted by atomic mass is 127. The van der Waals surface area contributed by atoms with Gasteiger partial charge in [0.1, 0.15) is 17.4 Å². The Balaban J connectivity index is 0.00000341. The van der Waals surface area contributed by atoms with Crippen molar-refractivity contribution in [1.82, 2.24) is 20.5 Å². The SMILES string of the molecule is CN=C(NCC1CCN(Cc2nc(C)c(C)o2)CC1)NC(C)c1ccc(F)cc1F.I. The maximum Gasteiger partial charge on any atom is 0.208 e. The lowest BCUT2D eigenvalue weighted by Gasteiger charge is -2.31. The lowest BCUT2D eigenvalue weighted by atomic mass is 9.97. The van der Waals surface area contributed by atoms with E-state index in [1.165, 1.54) is 12.1 Å². The van der Waals surface area contributed by atoms with E-state index in [-0.39, 0.29) is 30.0 Å². The molecule has 6 nitrogen and oxygen atoms in total. The first kappa shape index (κ1) is 25.5. The number of halogens is 3. The summed E-state index contributed by atoms with van der Waals surface area (Å²) in [6.45, 7) is 9.27. The van der Waals surface area contributed by atoms with Gasteiger partial charge in [-0.2, -0.15) is 0 Å². The van der Waals surface area contributed by atoms with Crippen LogP contribution in [0.5, 0.6) is 0 Å². The zero-order valence-electron chi connectivity index (χ0n) is 18.5. The molecule has 2 aromatic rings. The Morgan fingerprint density at radius 2 is 2.00 bits per heavy atom. The van der Waals surface area contributed by atoms with Crippen molar-refractivity contribution < 1.29 is 13.2 Å². The van der Waals surface area contributed by atoms with E-state index in [9.17, 15) is 8.78 Å². The number of piperidine rings is 1. The predicted octanol–water partition coefficient (Wildman–Crippen LogP) is 4.33. The summed E-state index contributed by atoms with van der Waals surface area (Å²) in [6.07, 6.45) is 2.15. The molecule has 0 radical (unpaired) electrons. The first-order chi connectivity index (χ1) is 14.4. The summed E-state index contributed by atoms with van der Waals surface area (Å²) in [7, 11) is 1.69. The second-order valence-corrected chi connectivity index (χ2v) is 7.95. The lowest BCUT2D eigenvalue weighted by molar-refractivity contribution is 0.164. The Morgan fingerprint density at radius 1 is 1.29 bits per heavy atom. The van der Waals surface area contributed by atoms with Crippen molar-refractivity contribution in [2.75, 3.05) is 26.7 Å². The molecule has 31 heavy (non-hydrogen) atoms. The van der Waals surface area contributed by atoms with Crippen LogP contribution in [0.1, 0.15) is 48.7 Å². The third-order valence-electron chi connectivity index (χ3n) is 5.70. The second kappa shape index (κ2) is 11.8. The maximum absolute atomic E-state index is 14.0. The van der Waals surface area contributed by atoms with Crippen molar-refractivity contribution in [2.24, 2.45) is 10.9 Å². The van der Waals surface area contributed by atoms with Crippen molar-refractivity contribution in [3.05, 3.63) is 52.7 Å². The number of aryl methyl sites for hydroxylation is 2. The van der Waals surface area contributed by atoms with E-state index in [2.05, 4.69) is 25.5 Å². The fourth-order valence-corrected chi connectivity index (χ4v) is 3.72. The van der Waals surface area contributed by atoms with Crippen LogP contribution in [0.25, 0.3) is 0 Å². The molecule has 0 spiro atoms. The summed E-state index contributed by atoms with van der Waals surface area (Å²) in [5.74, 6) is 1.68. The molecule has 1 atom stereocenters. The minimum absolute atomic E-state index is 0. The van der Waals surface area contributed by atoms with Crippen LogP contribution in [-0.4, -0.2) is 42.5 Å². The molecular formula is C22H32F2IN5O.